The highest BCUT2D eigenvalue weighted by molar-refractivity contribution is 14.0. The smallest absolute Gasteiger partial charge is 0.205 e. The van der Waals surface area contributed by atoms with Crippen molar-refractivity contribution in [3.05, 3.63) is 5.82 Å². The molecule has 0 unspecified atom stereocenters. The van der Waals surface area contributed by atoms with E-state index < -0.39 is 0 Å². The second-order valence-corrected chi connectivity index (χ2v) is 5.53. The van der Waals surface area contributed by atoms with Crippen molar-refractivity contribution in [3.63, 3.8) is 0 Å². The highest BCUT2D eigenvalue weighted by Gasteiger charge is 2.21. The van der Waals surface area contributed by atoms with E-state index >= 15 is 0 Å². The molecule has 0 saturated carbocycles. The fraction of sp³-hybridized carbons (Fsp3) is 0.769. The molecule has 0 atom stereocenters. The van der Waals surface area contributed by atoms with Crippen LogP contribution in [0.3, 0.4) is 0 Å². The maximum Gasteiger partial charge on any atom is 0.205 e. The average Bonchev–Trinajstić information content (AvgIpc) is 2.97. The van der Waals surface area contributed by atoms with E-state index in [2.05, 4.69) is 43.3 Å². The van der Waals surface area contributed by atoms with Gasteiger partial charge >= 0.3 is 0 Å². The number of halogens is 1. The average molecular weight is 424 g/mol. The quantitative estimate of drug-likeness (QED) is 0.454. The van der Waals surface area contributed by atoms with Gasteiger partial charge in [0.05, 0.1) is 0 Å². The number of nitrogens with zero attached hydrogens (tertiary/aromatic N) is 5. The van der Waals surface area contributed by atoms with Gasteiger partial charge in [-0.1, -0.05) is 13.8 Å². The highest BCUT2D eigenvalue weighted by atomic mass is 127. The molecule has 8 heteroatoms. The first kappa shape index (κ1) is 18.4. The van der Waals surface area contributed by atoms with Gasteiger partial charge in [0.1, 0.15) is 5.82 Å². The van der Waals surface area contributed by atoms with E-state index in [4.69, 9.17) is 0 Å². The fourth-order valence-corrected chi connectivity index (χ4v) is 3.00. The lowest BCUT2D eigenvalue weighted by Crippen LogP contribution is -2.52. The van der Waals surface area contributed by atoms with Gasteiger partial charge in [0.15, 0.2) is 5.96 Å². The van der Waals surface area contributed by atoms with Crippen molar-refractivity contribution in [1.29, 1.82) is 0 Å². The second-order valence-electron chi connectivity index (χ2n) is 4.79. The summed E-state index contributed by atoms with van der Waals surface area (Å²) in [7, 11) is 1.85. The van der Waals surface area contributed by atoms with Crippen LogP contribution in [0.25, 0.3) is 0 Å². The number of aryl methyl sites for hydroxylation is 1. The van der Waals surface area contributed by atoms with Crippen LogP contribution in [0.4, 0.5) is 5.13 Å². The zero-order valence-electron chi connectivity index (χ0n) is 13.0. The van der Waals surface area contributed by atoms with Crippen LogP contribution < -0.4 is 10.2 Å². The SMILES string of the molecule is CCCNC(=NC)N1CCN(c2nc(CC)ns2)CC1.I. The van der Waals surface area contributed by atoms with Gasteiger partial charge in [-0.3, -0.25) is 4.99 Å². The van der Waals surface area contributed by atoms with Gasteiger partial charge in [-0.05, 0) is 6.42 Å². The van der Waals surface area contributed by atoms with Crippen molar-refractivity contribution >= 4 is 46.6 Å². The summed E-state index contributed by atoms with van der Waals surface area (Å²) in [6.45, 7) is 9.14. The van der Waals surface area contributed by atoms with E-state index in [1.165, 1.54) is 11.5 Å². The number of aromatic nitrogens is 2. The third-order valence-corrected chi connectivity index (χ3v) is 4.18. The lowest BCUT2D eigenvalue weighted by Gasteiger charge is -2.36. The lowest BCUT2D eigenvalue weighted by molar-refractivity contribution is 0.372. The number of nitrogens with one attached hydrogen (secondary N) is 1. The Morgan fingerprint density at radius 3 is 2.52 bits per heavy atom. The Morgan fingerprint density at radius 2 is 2.00 bits per heavy atom. The maximum absolute atomic E-state index is 4.56. The van der Waals surface area contributed by atoms with E-state index in [9.17, 15) is 0 Å². The molecule has 1 fully saturated rings. The molecule has 21 heavy (non-hydrogen) atoms. The van der Waals surface area contributed by atoms with Crippen molar-refractivity contribution < 1.29 is 0 Å². The summed E-state index contributed by atoms with van der Waals surface area (Å²) in [6, 6.07) is 0. The van der Waals surface area contributed by atoms with Crippen LogP contribution in [0.15, 0.2) is 4.99 Å². The van der Waals surface area contributed by atoms with Gasteiger partial charge in [0.25, 0.3) is 0 Å². The van der Waals surface area contributed by atoms with Gasteiger partial charge in [0, 0.05) is 57.7 Å². The summed E-state index contributed by atoms with van der Waals surface area (Å²) in [4.78, 5) is 13.5. The summed E-state index contributed by atoms with van der Waals surface area (Å²) in [5.41, 5.74) is 0. The standard InChI is InChI=1S/C13H24N6S.HI/c1-4-6-15-12(14-3)18-7-9-19(10-8-18)13-16-11(5-2)17-20-13;/h4-10H2,1-3H3,(H,14,15);1H. The number of hydrogen-bond acceptors (Lipinski definition) is 5. The number of guanidine groups is 1. The largest absolute Gasteiger partial charge is 0.356 e. The van der Waals surface area contributed by atoms with Crippen molar-refractivity contribution in [2.75, 3.05) is 44.7 Å². The summed E-state index contributed by atoms with van der Waals surface area (Å²) in [5, 5.41) is 4.44. The number of hydrogen-bond donors (Lipinski definition) is 1. The molecule has 2 heterocycles. The molecular weight excluding hydrogens is 399 g/mol. The molecule has 0 amide bonds. The number of anilines is 1. The van der Waals surface area contributed by atoms with Crippen LogP contribution in [0, 0.1) is 0 Å². The molecule has 1 aromatic rings. The van der Waals surface area contributed by atoms with Gasteiger partial charge in [-0.15, -0.1) is 24.0 Å². The molecule has 1 aliphatic rings. The highest BCUT2D eigenvalue weighted by Crippen LogP contribution is 2.19. The van der Waals surface area contributed by atoms with Gasteiger partial charge in [0.2, 0.25) is 5.13 Å². The summed E-state index contributed by atoms with van der Waals surface area (Å²) < 4.78 is 4.36. The Bertz CT molecular complexity index is 442. The van der Waals surface area contributed by atoms with E-state index in [0.717, 1.165) is 62.5 Å². The Hall–Kier alpha value is -0.640. The predicted octanol–water partition coefficient (Wildman–Crippen LogP) is 1.83. The number of rotatable bonds is 4. The molecule has 6 nitrogen and oxygen atoms in total. The molecule has 0 aromatic carbocycles. The topological polar surface area (TPSA) is 56.7 Å². The molecule has 120 valence electrons. The molecule has 1 aromatic heterocycles. The number of piperazine rings is 1. The molecule has 2 rings (SSSR count). The second kappa shape index (κ2) is 9.39. The Morgan fingerprint density at radius 1 is 1.29 bits per heavy atom. The molecular formula is C13H25IN6S. The molecule has 0 radical (unpaired) electrons. The van der Waals surface area contributed by atoms with Crippen molar-refractivity contribution in [2.45, 2.75) is 26.7 Å². The third-order valence-electron chi connectivity index (χ3n) is 3.37. The first-order valence-electron chi connectivity index (χ1n) is 7.31. The molecule has 1 saturated heterocycles. The fourth-order valence-electron chi connectivity index (χ4n) is 2.20. The summed E-state index contributed by atoms with van der Waals surface area (Å²) >= 11 is 1.51. The predicted molar refractivity (Wildman–Crippen MR) is 100 cm³/mol. The van der Waals surface area contributed by atoms with Gasteiger partial charge < -0.3 is 15.1 Å². The lowest BCUT2D eigenvalue weighted by atomic mass is 10.3. The molecule has 0 spiro atoms. The summed E-state index contributed by atoms with van der Waals surface area (Å²) in [5.74, 6) is 1.96. The van der Waals surface area contributed by atoms with E-state index in [1.54, 1.807) is 0 Å². The van der Waals surface area contributed by atoms with Crippen molar-refractivity contribution in [2.24, 2.45) is 4.99 Å². The monoisotopic (exact) mass is 424 g/mol. The Labute approximate surface area is 148 Å². The first-order valence-corrected chi connectivity index (χ1v) is 8.09. The van der Waals surface area contributed by atoms with Gasteiger partial charge in [-0.2, -0.15) is 4.37 Å². The van der Waals surface area contributed by atoms with Crippen LogP contribution in [0.5, 0.6) is 0 Å². The Balaban J connectivity index is 0.00000220. The number of aliphatic imine (C=N–C) groups is 1. The Kier molecular flexibility index (Phi) is 8.23. The first-order chi connectivity index (χ1) is 9.78. The van der Waals surface area contributed by atoms with Crippen LogP contribution in [0.2, 0.25) is 0 Å². The molecule has 1 aliphatic heterocycles. The van der Waals surface area contributed by atoms with Crippen molar-refractivity contribution in [3.8, 4) is 0 Å². The zero-order valence-corrected chi connectivity index (χ0v) is 16.1. The van der Waals surface area contributed by atoms with Crippen LogP contribution in [-0.2, 0) is 6.42 Å². The normalized spacial score (nSPS) is 15.9. The zero-order chi connectivity index (χ0) is 14.4. The van der Waals surface area contributed by atoms with Crippen LogP contribution in [-0.4, -0.2) is 60.0 Å². The van der Waals surface area contributed by atoms with Gasteiger partial charge in [-0.25, -0.2) is 4.98 Å². The molecule has 1 N–H and O–H groups in total. The molecule has 0 bridgehead atoms. The minimum atomic E-state index is 0. The summed E-state index contributed by atoms with van der Waals surface area (Å²) in [6.07, 6.45) is 2.02. The maximum atomic E-state index is 4.56. The minimum absolute atomic E-state index is 0. The van der Waals surface area contributed by atoms with Crippen LogP contribution >= 0.6 is 35.5 Å². The van der Waals surface area contributed by atoms with E-state index in [1.807, 2.05) is 7.05 Å². The molecule has 0 aliphatic carbocycles. The van der Waals surface area contributed by atoms with E-state index in [0.29, 0.717) is 0 Å². The third kappa shape index (κ3) is 4.94. The minimum Gasteiger partial charge on any atom is -0.356 e. The van der Waals surface area contributed by atoms with Crippen LogP contribution in [0.1, 0.15) is 26.1 Å². The van der Waals surface area contributed by atoms with Crippen molar-refractivity contribution in [1.82, 2.24) is 19.6 Å². The van der Waals surface area contributed by atoms with E-state index in [-0.39, 0.29) is 24.0 Å².